The molecule has 3 unspecified atom stereocenters. The van der Waals surface area contributed by atoms with Gasteiger partial charge in [0, 0.05) is 35.1 Å². The van der Waals surface area contributed by atoms with E-state index in [1.54, 1.807) is 6.07 Å². The zero-order valence-corrected chi connectivity index (χ0v) is 13.9. The molecule has 3 rings (SSSR count). The third kappa shape index (κ3) is 3.84. The Kier molecular flexibility index (Phi) is 5.42. The van der Waals surface area contributed by atoms with Crippen LogP contribution in [0.4, 0.5) is 0 Å². The minimum atomic E-state index is 0. The average molecular weight is 350 g/mol. The van der Waals surface area contributed by atoms with Gasteiger partial charge in [0.1, 0.15) is 0 Å². The summed E-state index contributed by atoms with van der Waals surface area (Å²) >= 11 is 12.0. The number of nitrogens with two attached hydrogens (primary N) is 1. The molecule has 116 valence electrons. The third-order valence-corrected chi connectivity index (χ3v) is 4.63. The molecule has 0 spiro atoms. The molecule has 21 heavy (non-hydrogen) atoms. The lowest BCUT2D eigenvalue weighted by Gasteiger charge is -2.31. The highest BCUT2D eigenvalue weighted by molar-refractivity contribution is 6.34. The van der Waals surface area contributed by atoms with Crippen LogP contribution in [0.2, 0.25) is 10.0 Å². The first-order valence-electron chi connectivity index (χ1n) is 7.05. The molecule has 2 N–H and O–H groups in total. The number of nitrogens with zero attached hydrogens (tertiary/aromatic N) is 1. The van der Waals surface area contributed by atoms with Crippen LogP contribution in [0.5, 0.6) is 0 Å². The summed E-state index contributed by atoms with van der Waals surface area (Å²) in [7, 11) is 0. The number of benzene rings is 1. The van der Waals surface area contributed by atoms with E-state index < -0.39 is 0 Å². The maximum atomic E-state index is 12.5. The molecule has 3 nitrogen and oxygen atoms in total. The van der Waals surface area contributed by atoms with Gasteiger partial charge in [-0.1, -0.05) is 23.2 Å². The Balaban J connectivity index is 0.00000161. The van der Waals surface area contributed by atoms with Crippen LogP contribution in [0.1, 0.15) is 30.7 Å². The molecule has 1 aliphatic carbocycles. The second kappa shape index (κ2) is 6.74. The topological polar surface area (TPSA) is 46.3 Å². The highest BCUT2D eigenvalue weighted by Gasteiger charge is 2.46. The Bertz CT molecular complexity index is 517. The number of piperidine rings is 1. The summed E-state index contributed by atoms with van der Waals surface area (Å²) in [6.45, 7) is 1.53. The Hall–Kier alpha value is -0.480. The molecule has 2 fully saturated rings. The van der Waals surface area contributed by atoms with Crippen molar-refractivity contribution in [3.63, 3.8) is 0 Å². The van der Waals surface area contributed by atoms with Crippen LogP contribution in [0.3, 0.4) is 0 Å². The molecular formula is C15H19Cl3N2O. The molecule has 1 aromatic carbocycles. The molecular weight excluding hydrogens is 331 g/mol. The maximum Gasteiger partial charge on any atom is 0.226 e. The minimum Gasteiger partial charge on any atom is -0.341 e. The fraction of sp³-hybridized carbons (Fsp3) is 0.533. The molecule has 1 heterocycles. The molecule has 1 aliphatic heterocycles. The highest BCUT2D eigenvalue weighted by Crippen LogP contribution is 2.49. The first-order chi connectivity index (χ1) is 9.54. The molecule has 1 amide bonds. The van der Waals surface area contributed by atoms with E-state index >= 15 is 0 Å². The van der Waals surface area contributed by atoms with Crippen molar-refractivity contribution in [1.29, 1.82) is 0 Å². The molecule has 3 atom stereocenters. The Morgan fingerprint density at radius 2 is 1.90 bits per heavy atom. The van der Waals surface area contributed by atoms with Crippen molar-refractivity contribution in [2.45, 2.75) is 31.2 Å². The standard InChI is InChI=1S/C15H18Cl2N2O.ClH/c16-10-4-9(5-11(17)6-10)13-7-14(13)15(20)19-3-1-2-12(18)8-19;/h4-6,12-14H,1-3,7-8,18H2;1H. The normalized spacial score (nSPS) is 28.0. The summed E-state index contributed by atoms with van der Waals surface area (Å²) in [6.07, 6.45) is 2.91. The minimum absolute atomic E-state index is 0. The first-order valence-corrected chi connectivity index (χ1v) is 7.80. The van der Waals surface area contributed by atoms with Crippen molar-refractivity contribution < 1.29 is 4.79 Å². The van der Waals surface area contributed by atoms with Crippen molar-refractivity contribution >= 4 is 41.5 Å². The smallest absolute Gasteiger partial charge is 0.226 e. The van der Waals surface area contributed by atoms with E-state index in [0.29, 0.717) is 16.6 Å². The lowest BCUT2D eigenvalue weighted by molar-refractivity contribution is -0.133. The van der Waals surface area contributed by atoms with E-state index in [1.165, 1.54) is 0 Å². The van der Waals surface area contributed by atoms with Gasteiger partial charge in [0.05, 0.1) is 0 Å². The predicted molar refractivity (Wildman–Crippen MR) is 88.3 cm³/mol. The summed E-state index contributed by atoms with van der Waals surface area (Å²) in [5.41, 5.74) is 7.01. The van der Waals surface area contributed by atoms with E-state index in [9.17, 15) is 4.79 Å². The first kappa shape index (κ1) is 16.9. The van der Waals surface area contributed by atoms with E-state index in [1.807, 2.05) is 17.0 Å². The monoisotopic (exact) mass is 348 g/mol. The van der Waals surface area contributed by atoms with Gasteiger partial charge < -0.3 is 10.6 Å². The number of hydrogen-bond acceptors (Lipinski definition) is 2. The zero-order chi connectivity index (χ0) is 14.3. The van der Waals surface area contributed by atoms with Gasteiger partial charge in [-0.2, -0.15) is 0 Å². The van der Waals surface area contributed by atoms with Gasteiger partial charge in [-0.05, 0) is 48.9 Å². The fourth-order valence-electron chi connectivity index (χ4n) is 3.07. The SMILES string of the molecule is Cl.NC1CCCN(C(=O)C2CC2c2cc(Cl)cc(Cl)c2)C1. The van der Waals surface area contributed by atoms with Crippen LogP contribution in [-0.2, 0) is 4.79 Å². The number of carbonyl (C=O) groups is 1. The van der Waals surface area contributed by atoms with Gasteiger partial charge in [-0.15, -0.1) is 12.4 Å². The van der Waals surface area contributed by atoms with Gasteiger partial charge in [0.2, 0.25) is 5.91 Å². The van der Waals surface area contributed by atoms with Crippen molar-refractivity contribution in [3.05, 3.63) is 33.8 Å². The molecule has 1 saturated carbocycles. The summed E-state index contributed by atoms with van der Waals surface area (Å²) in [4.78, 5) is 14.4. The van der Waals surface area contributed by atoms with Gasteiger partial charge in [-0.3, -0.25) is 4.79 Å². The molecule has 2 aliphatic rings. The van der Waals surface area contributed by atoms with Crippen LogP contribution >= 0.6 is 35.6 Å². The average Bonchev–Trinajstić information content (AvgIpc) is 3.17. The van der Waals surface area contributed by atoms with E-state index in [2.05, 4.69) is 0 Å². The third-order valence-electron chi connectivity index (χ3n) is 4.19. The molecule has 6 heteroatoms. The molecule has 0 radical (unpaired) electrons. The zero-order valence-electron chi connectivity index (χ0n) is 11.6. The van der Waals surface area contributed by atoms with Crippen LogP contribution in [0.15, 0.2) is 18.2 Å². The summed E-state index contributed by atoms with van der Waals surface area (Å²) in [5.74, 6) is 0.577. The summed E-state index contributed by atoms with van der Waals surface area (Å²) in [5, 5.41) is 1.26. The number of rotatable bonds is 2. The molecule has 1 aromatic rings. The van der Waals surface area contributed by atoms with Crippen molar-refractivity contribution in [1.82, 2.24) is 4.90 Å². The number of hydrogen-bond donors (Lipinski definition) is 1. The molecule has 0 bridgehead atoms. The second-order valence-corrected chi connectivity index (χ2v) is 6.71. The molecule has 0 aromatic heterocycles. The van der Waals surface area contributed by atoms with Crippen LogP contribution in [0.25, 0.3) is 0 Å². The number of likely N-dealkylation sites (tertiary alicyclic amines) is 1. The van der Waals surface area contributed by atoms with Gasteiger partial charge in [0.25, 0.3) is 0 Å². The summed E-state index contributed by atoms with van der Waals surface area (Å²) in [6, 6.07) is 5.67. The largest absolute Gasteiger partial charge is 0.341 e. The summed E-state index contributed by atoms with van der Waals surface area (Å²) < 4.78 is 0. The number of amides is 1. The molecule has 1 saturated heterocycles. The fourth-order valence-corrected chi connectivity index (χ4v) is 3.61. The van der Waals surface area contributed by atoms with Crippen molar-refractivity contribution in [2.24, 2.45) is 11.7 Å². The second-order valence-electron chi connectivity index (χ2n) is 5.84. The number of carbonyl (C=O) groups excluding carboxylic acids is 1. The lowest BCUT2D eigenvalue weighted by Crippen LogP contribution is -2.46. The highest BCUT2D eigenvalue weighted by atomic mass is 35.5. The van der Waals surface area contributed by atoms with Crippen molar-refractivity contribution in [2.75, 3.05) is 13.1 Å². The van der Waals surface area contributed by atoms with Gasteiger partial charge >= 0.3 is 0 Å². The predicted octanol–water partition coefficient (Wildman–Crippen LogP) is 3.47. The van der Waals surface area contributed by atoms with E-state index in [-0.39, 0.29) is 36.2 Å². The van der Waals surface area contributed by atoms with Crippen LogP contribution in [0, 0.1) is 5.92 Å². The Labute approximate surface area is 141 Å². The Morgan fingerprint density at radius 1 is 1.24 bits per heavy atom. The van der Waals surface area contributed by atoms with Crippen LogP contribution in [-0.4, -0.2) is 29.9 Å². The lowest BCUT2D eigenvalue weighted by atomic mass is 10.0. The van der Waals surface area contributed by atoms with Gasteiger partial charge in [0.15, 0.2) is 0 Å². The quantitative estimate of drug-likeness (QED) is 0.888. The maximum absolute atomic E-state index is 12.5. The van der Waals surface area contributed by atoms with E-state index in [0.717, 1.165) is 31.4 Å². The number of halogens is 3. The van der Waals surface area contributed by atoms with E-state index in [4.69, 9.17) is 28.9 Å². The Morgan fingerprint density at radius 3 is 2.52 bits per heavy atom. The van der Waals surface area contributed by atoms with Crippen molar-refractivity contribution in [3.8, 4) is 0 Å². The van der Waals surface area contributed by atoms with Gasteiger partial charge in [-0.25, -0.2) is 0 Å². The van der Waals surface area contributed by atoms with Crippen LogP contribution < -0.4 is 5.73 Å².